The highest BCUT2D eigenvalue weighted by atomic mass is 19.1. The van der Waals surface area contributed by atoms with Crippen molar-refractivity contribution in [3.63, 3.8) is 0 Å². The normalized spacial score (nSPS) is 18.5. The summed E-state index contributed by atoms with van der Waals surface area (Å²) in [5.41, 5.74) is 3.55. The van der Waals surface area contributed by atoms with E-state index in [1.807, 2.05) is 12.1 Å². The van der Waals surface area contributed by atoms with Crippen molar-refractivity contribution in [2.75, 3.05) is 13.1 Å². The minimum atomic E-state index is -0.229. The largest absolute Gasteiger partial charge is 0.350 e. The van der Waals surface area contributed by atoms with Gasteiger partial charge < -0.3 is 10.6 Å². The molecule has 0 bridgehead atoms. The van der Waals surface area contributed by atoms with E-state index in [9.17, 15) is 9.18 Å². The van der Waals surface area contributed by atoms with E-state index < -0.39 is 0 Å². The number of aromatic amines is 1. The third-order valence-corrected chi connectivity index (χ3v) is 5.38. The molecule has 1 aliphatic heterocycles. The van der Waals surface area contributed by atoms with Crippen molar-refractivity contribution in [2.24, 2.45) is 0 Å². The Labute approximate surface area is 140 Å². The molecule has 0 radical (unpaired) electrons. The Hall–Kier alpha value is -2.21. The molecule has 24 heavy (non-hydrogen) atoms. The maximum atomic E-state index is 13.2. The minimum absolute atomic E-state index is 0.0714. The highest BCUT2D eigenvalue weighted by molar-refractivity contribution is 5.94. The first-order chi connectivity index (χ1) is 11.7. The number of nitrogens with one attached hydrogen (secondary N) is 3. The van der Waals surface area contributed by atoms with Crippen LogP contribution in [0.1, 0.15) is 46.6 Å². The van der Waals surface area contributed by atoms with Crippen molar-refractivity contribution in [3.8, 4) is 0 Å². The predicted octanol–water partition coefficient (Wildman–Crippen LogP) is 2.05. The Kier molecular flexibility index (Phi) is 3.84. The number of nitrogens with zero attached hydrogens (tertiary/aromatic N) is 1. The summed E-state index contributed by atoms with van der Waals surface area (Å²) in [6, 6.07) is 6.65. The zero-order valence-electron chi connectivity index (χ0n) is 13.5. The van der Waals surface area contributed by atoms with E-state index in [4.69, 9.17) is 0 Å². The van der Waals surface area contributed by atoms with Crippen LogP contribution < -0.4 is 10.6 Å². The molecule has 5 nitrogen and oxygen atoms in total. The molecule has 6 heteroatoms. The lowest BCUT2D eigenvalue weighted by molar-refractivity contribution is 0.0921. The van der Waals surface area contributed by atoms with Gasteiger partial charge in [0, 0.05) is 42.7 Å². The maximum absolute atomic E-state index is 13.2. The lowest BCUT2D eigenvalue weighted by atomic mass is 9.64. The van der Waals surface area contributed by atoms with Gasteiger partial charge in [-0.1, -0.05) is 18.6 Å². The van der Waals surface area contributed by atoms with E-state index in [1.165, 1.54) is 12.1 Å². The van der Waals surface area contributed by atoms with Crippen LogP contribution in [0.5, 0.6) is 0 Å². The fourth-order valence-corrected chi connectivity index (χ4v) is 3.72. The highest BCUT2D eigenvalue weighted by Crippen LogP contribution is 2.43. The Morgan fingerprint density at radius 1 is 1.29 bits per heavy atom. The molecule has 2 heterocycles. The molecule has 1 aromatic heterocycles. The third-order valence-electron chi connectivity index (χ3n) is 5.38. The summed E-state index contributed by atoms with van der Waals surface area (Å²) in [6.07, 6.45) is 4.03. The summed E-state index contributed by atoms with van der Waals surface area (Å²) in [5, 5.41) is 13.5. The van der Waals surface area contributed by atoms with Gasteiger partial charge in [-0.3, -0.25) is 9.89 Å². The van der Waals surface area contributed by atoms with Gasteiger partial charge in [0.05, 0.1) is 0 Å². The monoisotopic (exact) mass is 328 g/mol. The Morgan fingerprint density at radius 3 is 2.79 bits per heavy atom. The maximum Gasteiger partial charge on any atom is 0.272 e. The Bertz CT molecular complexity index is 749. The van der Waals surface area contributed by atoms with Crippen molar-refractivity contribution in [3.05, 3.63) is 52.6 Å². The first-order valence-electron chi connectivity index (χ1n) is 8.49. The van der Waals surface area contributed by atoms with Gasteiger partial charge in [-0.15, -0.1) is 0 Å². The SMILES string of the molecule is O=C(NCC1(c2ccc(F)cc2)CCC1)c1n[nH]c2c1CNCC2. The topological polar surface area (TPSA) is 69.8 Å². The fraction of sp³-hybridized carbons (Fsp3) is 0.444. The van der Waals surface area contributed by atoms with Gasteiger partial charge in [0.25, 0.3) is 5.91 Å². The van der Waals surface area contributed by atoms with Crippen LogP contribution in [0.3, 0.4) is 0 Å². The molecule has 1 aliphatic carbocycles. The lowest BCUT2D eigenvalue weighted by Gasteiger charge is -2.42. The van der Waals surface area contributed by atoms with Crippen LogP contribution >= 0.6 is 0 Å². The number of H-pyrrole nitrogens is 1. The number of carbonyl (C=O) groups excluding carboxylic acids is 1. The molecule has 0 saturated heterocycles. The molecular weight excluding hydrogens is 307 g/mol. The molecule has 0 spiro atoms. The first-order valence-corrected chi connectivity index (χ1v) is 8.49. The number of benzene rings is 1. The smallest absolute Gasteiger partial charge is 0.272 e. The van der Waals surface area contributed by atoms with E-state index in [0.717, 1.165) is 49.0 Å². The number of rotatable bonds is 4. The molecule has 1 amide bonds. The highest BCUT2D eigenvalue weighted by Gasteiger charge is 2.39. The standard InChI is InChI=1S/C18H21FN4O/c19-13-4-2-12(3-5-13)18(7-1-8-18)11-21-17(24)16-14-10-20-9-6-15(14)22-23-16/h2-5,20H,1,6-11H2,(H,21,24)(H,22,23). The number of hydrogen-bond acceptors (Lipinski definition) is 3. The number of fused-ring (bicyclic) bond motifs is 1. The van der Waals surface area contributed by atoms with E-state index in [-0.39, 0.29) is 17.1 Å². The molecule has 1 fully saturated rings. The van der Waals surface area contributed by atoms with E-state index >= 15 is 0 Å². The summed E-state index contributed by atoms with van der Waals surface area (Å²) in [6.45, 7) is 2.15. The van der Waals surface area contributed by atoms with Gasteiger partial charge in [0.2, 0.25) is 0 Å². The number of aromatic nitrogens is 2. The van der Waals surface area contributed by atoms with Gasteiger partial charge in [0.15, 0.2) is 5.69 Å². The number of halogens is 1. The fourth-order valence-electron chi connectivity index (χ4n) is 3.72. The van der Waals surface area contributed by atoms with Crippen molar-refractivity contribution in [2.45, 2.75) is 37.6 Å². The summed E-state index contributed by atoms with van der Waals surface area (Å²) >= 11 is 0. The molecule has 4 rings (SSSR count). The minimum Gasteiger partial charge on any atom is -0.350 e. The van der Waals surface area contributed by atoms with Crippen LogP contribution in [0.2, 0.25) is 0 Å². The summed E-state index contributed by atoms with van der Waals surface area (Å²) < 4.78 is 13.2. The number of hydrogen-bond donors (Lipinski definition) is 3. The van der Waals surface area contributed by atoms with Gasteiger partial charge >= 0.3 is 0 Å². The molecule has 2 aliphatic rings. The van der Waals surface area contributed by atoms with Crippen LogP contribution in [0.15, 0.2) is 24.3 Å². The average molecular weight is 328 g/mol. The van der Waals surface area contributed by atoms with Crippen molar-refractivity contribution < 1.29 is 9.18 Å². The van der Waals surface area contributed by atoms with Gasteiger partial charge in [-0.25, -0.2) is 4.39 Å². The van der Waals surface area contributed by atoms with Crippen molar-refractivity contribution >= 4 is 5.91 Å². The van der Waals surface area contributed by atoms with Crippen LogP contribution in [0.4, 0.5) is 4.39 Å². The van der Waals surface area contributed by atoms with Crippen LogP contribution in [0, 0.1) is 5.82 Å². The third kappa shape index (κ3) is 2.60. The van der Waals surface area contributed by atoms with Gasteiger partial charge in [0.1, 0.15) is 5.82 Å². The quantitative estimate of drug-likeness (QED) is 0.804. The average Bonchev–Trinajstić information content (AvgIpc) is 2.99. The Morgan fingerprint density at radius 2 is 2.08 bits per heavy atom. The molecule has 126 valence electrons. The van der Waals surface area contributed by atoms with Gasteiger partial charge in [-0.05, 0) is 30.5 Å². The molecule has 1 saturated carbocycles. The zero-order chi connectivity index (χ0) is 16.6. The zero-order valence-corrected chi connectivity index (χ0v) is 13.5. The number of carbonyl (C=O) groups is 1. The second-order valence-electron chi connectivity index (χ2n) is 6.78. The molecule has 1 aromatic carbocycles. The molecule has 2 aromatic rings. The lowest BCUT2D eigenvalue weighted by Crippen LogP contribution is -2.45. The van der Waals surface area contributed by atoms with Crippen LogP contribution in [-0.4, -0.2) is 29.2 Å². The molecule has 3 N–H and O–H groups in total. The van der Waals surface area contributed by atoms with E-state index in [2.05, 4.69) is 20.8 Å². The van der Waals surface area contributed by atoms with Crippen LogP contribution in [-0.2, 0) is 18.4 Å². The van der Waals surface area contributed by atoms with E-state index in [1.54, 1.807) is 0 Å². The Balaban J connectivity index is 1.48. The first kappa shape index (κ1) is 15.3. The second-order valence-corrected chi connectivity index (χ2v) is 6.78. The van der Waals surface area contributed by atoms with Crippen LogP contribution in [0.25, 0.3) is 0 Å². The summed E-state index contributed by atoms with van der Waals surface area (Å²) in [4.78, 5) is 12.6. The second kappa shape index (κ2) is 6.02. The molecule has 0 atom stereocenters. The van der Waals surface area contributed by atoms with Crippen molar-refractivity contribution in [1.82, 2.24) is 20.8 Å². The van der Waals surface area contributed by atoms with Gasteiger partial charge in [-0.2, -0.15) is 5.10 Å². The molecular formula is C18H21FN4O. The van der Waals surface area contributed by atoms with E-state index in [0.29, 0.717) is 18.8 Å². The summed E-state index contributed by atoms with van der Waals surface area (Å²) in [7, 11) is 0. The predicted molar refractivity (Wildman–Crippen MR) is 88.3 cm³/mol. The number of amides is 1. The van der Waals surface area contributed by atoms with Crippen molar-refractivity contribution in [1.29, 1.82) is 0 Å². The molecule has 0 unspecified atom stereocenters. The summed E-state index contributed by atoms with van der Waals surface area (Å²) in [5.74, 6) is -0.363.